The summed E-state index contributed by atoms with van der Waals surface area (Å²) in [5.74, 6) is 0.538. The molecule has 136 valence electrons. The van der Waals surface area contributed by atoms with E-state index in [9.17, 15) is 9.59 Å². The number of pyridine rings is 1. The van der Waals surface area contributed by atoms with Crippen molar-refractivity contribution in [3.8, 4) is 11.4 Å². The van der Waals surface area contributed by atoms with Crippen molar-refractivity contribution in [2.24, 2.45) is 7.05 Å². The van der Waals surface area contributed by atoms with E-state index in [-0.39, 0.29) is 16.4 Å². The number of nitrogens with zero attached hydrogens (tertiary/aromatic N) is 3. The molecule has 0 spiro atoms. The number of rotatable bonds is 3. The first kappa shape index (κ1) is 17.5. The minimum absolute atomic E-state index is 0.127. The predicted molar refractivity (Wildman–Crippen MR) is 109 cm³/mol. The monoisotopic (exact) mass is 379 g/mol. The molecule has 0 N–H and O–H groups in total. The maximum atomic E-state index is 13.3. The summed E-state index contributed by atoms with van der Waals surface area (Å²) in [4.78, 5) is 31.1. The molecule has 0 aliphatic carbocycles. The van der Waals surface area contributed by atoms with E-state index < -0.39 is 0 Å². The van der Waals surface area contributed by atoms with Crippen LogP contribution >= 0.6 is 11.6 Å². The van der Waals surface area contributed by atoms with Crippen LogP contribution in [0.5, 0.6) is 0 Å². The van der Waals surface area contributed by atoms with Gasteiger partial charge in [0, 0.05) is 29.6 Å². The Kier molecular flexibility index (Phi) is 4.32. The van der Waals surface area contributed by atoms with E-state index in [1.807, 2.05) is 42.8 Å². The van der Waals surface area contributed by atoms with Crippen molar-refractivity contribution >= 4 is 33.5 Å². The first-order valence-electron chi connectivity index (χ1n) is 8.81. The van der Waals surface area contributed by atoms with Crippen LogP contribution in [0.25, 0.3) is 33.3 Å². The fraction of sp³-hybridized carbons (Fsp3) is 0.190. The highest BCUT2D eigenvalue weighted by Gasteiger charge is 2.18. The predicted octanol–water partition coefficient (Wildman–Crippen LogP) is 3.98. The lowest BCUT2D eigenvalue weighted by Crippen LogP contribution is -2.29. The van der Waals surface area contributed by atoms with Gasteiger partial charge >= 0.3 is 0 Å². The molecule has 0 amide bonds. The van der Waals surface area contributed by atoms with Crippen molar-refractivity contribution in [3.63, 3.8) is 0 Å². The van der Waals surface area contributed by atoms with Crippen LogP contribution < -0.4 is 11.0 Å². The molecule has 2 aromatic carbocycles. The van der Waals surface area contributed by atoms with Gasteiger partial charge in [-0.1, -0.05) is 30.7 Å². The molecule has 0 aliphatic rings. The number of aryl methyl sites for hydroxylation is 1. The van der Waals surface area contributed by atoms with Gasteiger partial charge in [-0.3, -0.25) is 14.2 Å². The van der Waals surface area contributed by atoms with Crippen LogP contribution in [0.1, 0.15) is 13.3 Å². The molecule has 0 atom stereocenters. The third kappa shape index (κ3) is 2.75. The number of para-hydroxylation sites is 1. The molecule has 0 saturated heterocycles. The van der Waals surface area contributed by atoms with Crippen molar-refractivity contribution in [2.45, 2.75) is 19.9 Å². The number of fused-ring (bicyclic) bond motifs is 2. The molecule has 6 heteroatoms. The fourth-order valence-electron chi connectivity index (χ4n) is 3.44. The Hall–Kier alpha value is -2.92. The van der Waals surface area contributed by atoms with Gasteiger partial charge in [0.15, 0.2) is 5.65 Å². The number of aromatic nitrogens is 3. The minimum Gasteiger partial charge on any atom is -0.328 e. The third-order valence-corrected chi connectivity index (χ3v) is 5.01. The van der Waals surface area contributed by atoms with E-state index in [1.54, 1.807) is 28.8 Å². The van der Waals surface area contributed by atoms with Crippen LogP contribution in [0.15, 0.2) is 58.1 Å². The molecule has 4 aromatic rings. The molecule has 0 radical (unpaired) electrons. The molecule has 4 rings (SSSR count). The van der Waals surface area contributed by atoms with Crippen LogP contribution in [0.2, 0.25) is 5.02 Å². The van der Waals surface area contributed by atoms with Crippen molar-refractivity contribution in [2.75, 3.05) is 0 Å². The Bertz CT molecular complexity index is 1290. The molecule has 2 heterocycles. The van der Waals surface area contributed by atoms with E-state index in [4.69, 9.17) is 16.6 Å². The normalized spacial score (nSPS) is 11.4. The highest BCUT2D eigenvalue weighted by Crippen LogP contribution is 2.22. The SMILES string of the molecule is CCCn1c(-c2ccc(Cl)cc2)nc2c(c(=O)c3ccccc3n2C)c1=O. The van der Waals surface area contributed by atoms with Gasteiger partial charge in [-0.25, -0.2) is 4.98 Å². The first-order chi connectivity index (χ1) is 13.0. The van der Waals surface area contributed by atoms with Crippen LogP contribution in [-0.4, -0.2) is 14.1 Å². The fourth-order valence-corrected chi connectivity index (χ4v) is 3.57. The summed E-state index contributed by atoms with van der Waals surface area (Å²) < 4.78 is 3.39. The molecule has 0 unspecified atom stereocenters. The molecule has 2 aromatic heterocycles. The Labute approximate surface area is 160 Å². The number of hydrogen-bond donors (Lipinski definition) is 0. The summed E-state index contributed by atoms with van der Waals surface area (Å²) in [6.45, 7) is 2.47. The molecule has 5 nitrogen and oxygen atoms in total. The summed E-state index contributed by atoms with van der Waals surface area (Å²) in [6, 6.07) is 14.5. The third-order valence-electron chi connectivity index (χ3n) is 4.75. The van der Waals surface area contributed by atoms with Crippen LogP contribution in [0.4, 0.5) is 0 Å². The molecule has 0 bridgehead atoms. The molecular weight excluding hydrogens is 362 g/mol. The number of halogens is 1. The van der Waals surface area contributed by atoms with Gasteiger partial charge in [-0.05, 0) is 42.8 Å². The van der Waals surface area contributed by atoms with Crippen molar-refractivity contribution in [1.29, 1.82) is 0 Å². The topological polar surface area (TPSA) is 56.9 Å². The van der Waals surface area contributed by atoms with Crippen LogP contribution in [0, 0.1) is 0 Å². The van der Waals surface area contributed by atoms with Crippen LogP contribution in [-0.2, 0) is 13.6 Å². The van der Waals surface area contributed by atoms with Crippen molar-refractivity contribution in [3.05, 3.63) is 74.1 Å². The maximum Gasteiger partial charge on any atom is 0.267 e. The zero-order valence-electron chi connectivity index (χ0n) is 15.1. The molecule has 0 aliphatic heterocycles. The second-order valence-electron chi connectivity index (χ2n) is 6.50. The van der Waals surface area contributed by atoms with Gasteiger partial charge in [-0.2, -0.15) is 0 Å². The second kappa shape index (κ2) is 6.67. The van der Waals surface area contributed by atoms with E-state index >= 15 is 0 Å². The smallest absolute Gasteiger partial charge is 0.267 e. The Morgan fingerprint density at radius 1 is 1.04 bits per heavy atom. The number of benzene rings is 2. The number of hydrogen-bond acceptors (Lipinski definition) is 3. The Balaban J connectivity index is 2.19. The molecule has 27 heavy (non-hydrogen) atoms. The first-order valence-corrected chi connectivity index (χ1v) is 9.19. The van der Waals surface area contributed by atoms with E-state index in [2.05, 4.69) is 0 Å². The van der Waals surface area contributed by atoms with Gasteiger partial charge in [0.2, 0.25) is 5.43 Å². The highest BCUT2D eigenvalue weighted by atomic mass is 35.5. The zero-order valence-corrected chi connectivity index (χ0v) is 15.8. The van der Waals surface area contributed by atoms with Gasteiger partial charge in [0.25, 0.3) is 5.56 Å². The summed E-state index contributed by atoms with van der Waals surface area (Å²) in [5, 5.41) is 1.26. The summed E-state index contributed by atoms with van der Waals surface area (Å²) in [7, 11) is 1.83. The van der Waals surface area contributed by atoms with Gasteiger partial charge < -0.3 is 4.57 Å². The van der Waals surface area contributed by atoms with Crippen molar-refractivity contribution < 1.29 is 0 Å². The lowest BCUT2D eigenvalue weighted by molar-refractivity contribution is 0.654. The largest absolute Gasteiger partial charge is 0.328 e. The minimum atomic E-state index is -0.307. The van der Waals surface area contributed by atoms with E-state index in [0.717, 1.165) is 17.5 Å². The summed E-state index contributed by atoms with van der Waals surface area (Å²) in [5.41, 5.74) is 1.34. The summed E-state index contributed by atoms with van der Waals surface area (Å²) >= 11 is 6.00. The van der Waals surface area contributed by atoms with E-state index in [1.165, 1.54) is 0 Å². The lowest BCUT2D eigenvalue weighted by atomic mass is 10.1. The maximum absolute atomic E-state index is 13.3. The molecule has 0 fully saturated rings. The van der Waals surface area contributed by atoms with Crippen LogP contribution in [0.3, 0.4) is 0 Å². The van der Waals surface area contributed by atoms with E-state index in [0.29, 0.717) is 28.4 Å². The van der Waals surface area contributed by atoms with Gasteiger partial charge in [0.1, 0.15) is 11.2 Å². The van der Waals surface area contributed by atoms with Gasteiger partial charge in [0.05, 0.1) is 5.52 Å². The average molecular weight is 380 g/mol. The standard InChI is InChI=1S/C21H18ClN3O2/c1-3-12-25-19(13-8-10-14(22)11-9-13)23-20-17(21(25)27)18(26)15-6-4-5-7-16(15)24(20)2/h4-11H,3,12H2,1-2H3. The lowest BCUT2D eigenvalue weighted by Gasteiger charge is -2.15. The average Bonchev–Trinajstić information content (AvgIpc) is 2.68. The quantitative estimate of drug-likeness (QED) is 0.506. The van der Waals surface area contributed by atoms with Crippen molar-refractivity contribution in [1.82, 2.24) is 14.1 Å². The highest BCUT2D eigenvalue weighted by molar-refractivity contribution is 6.30. The Morgan fingerprint density at radius 3 is 2.44 bits per heavy atom. The Morgan fingerprint density at radius 2 is 1.74 bits per heavy atom. The second-order valence-corrected chi connectivity index (χ2v) is 6.94. The zero-order chi connectivity index (χ0) is 19.1. The summed E-state index contributed by atoms with van der Waals surface area (Å²) in [6.07, 6.45) is 0.752. The molecule has 0 saturated carbocycles. The molecular formula is C21H18ClN3O2. The van der Waals surface area contributed by atoms with Gasteiger partial charge in [-0.15, -0.1) is 0 Å².